The summed E-state index contributed by atoms with van der Waals surface area (Å²) in [6.07, 6.45) is 5.06. The maximum atomic E-state index is 12.7. The molecule has 3 aromatic rings. The molecule has 0 fully saturated rings. The molecule has 0 aliphatic carbocycles. The zero-order chi connectivity index (χ0) is 23.1. The number of carbonyl (C=O) groups excluding carboxylic acids is 2. The maximum Gasteiger partial charge on any atom is 0.247 e. The highest BCUT2D eigenvalue weighted by Crippen LogP contribution is 2.31. The van der Waals surface area contributed by atoms with Crippen LogP contribution in [0.5, 0.6) is 5.75 Å². The number of aromatic nitrogens is 2. The van der Waals surface area contributed by atoms with Crippen LogP contribution in [0.3, 0.4) is 0 Å². The molecule has 2 aromatic carbocycles. The summed E-state index contributed by atoms with van der Waals surface area (Å²) in [5.74, 6) is -0.151. The lowest BCUT2D eigenvalue weighted by molar-refractivity contribution is -0.132. The van der Waals surface area contributed by atoms with Crippen LogP contribution in [0.15, 0.2) is 66.9 Å². The van der Waals surface area contributed by atoms with Crippen LogP contribution in [-0.2, 0) is 16.1 Å². The molecule has 166 valence electrons. The van der Waals surface area contributed by atoms with Gasteiger partial charge in [-0.3, -0.25) is 14.3 Å². The summed E-state index contributed by atoms with van der Waals surface area (Å²) < 4.78 is 7.36. The third-order valence-electron chi connectivity index (χ3n) is 4.98. The topological polar surface area (TPSA) is 90.5 Å². The van der Waals surface area contributed by atoms with Crippen molar-refractivity contribution in [3.8, 4) is 17.0 Å². The minimum absolute atomic E-state index is 0.131. The Kier molecular flexibility index (Phi) is 7.44. The highest BCUT2D eigenvalue weighted by molar-refractivity contribution is 5.95. The minimum Gasteiger partial charge on any atom is -0.496 e. The van der Waals surface area contributed by atoms with Crippen molar-refractivity contribution in [2.45, 2.75) is 26.4 Å². The van der Waals surface area contributed by atoms with Crippen molar-refractivity contribution in [3.63, 3.8) is 0 Å². The number of ether oxygens (including phenoxy) is 1. The summed E-state index contributed by atoms with van der Waals surface area (Å²) in [6.45, 7) is 4.14. The molecule has 3 rings (SSSR count). The van der Waals surface area contributed by atoms with Crippen molar-refractivity contribution in [1.82, 2.24) is 14.7 Å². The van der Waals surface area contributed by atoms with Crippen molar-refractivity contribution in [3.05, 3.63) is 78.0 Å². The van der Waals surface area contributed by atoms with Crippen molar-refractivity contribution in [1.29, 1.82) is 0 Å². The number of amides is 2. The molecular formula is C25H28N4O3. The van der Waals surface area contributed by atoms with Gasteiger partial charge in [0, 0.05) is 29.4 Å². The number of methoxy groups -OCH3 is 1. The molecule has 0 radical (unpaired) electrons. The van der Waals surface area contributed by atoms with Gasteiger partial charge in [0.2, 0.25) is 11.8 Å². The minimum atomic E-state index is -0.550. The van der Waals surface area contributed by atoms with Crippen LogP contribution in [0.4, 0.5) is 0 Å². The van der Waals surface area contributed by atoms with Crippen LogP contribution in [-0.4, -0.2) is 46.2 Å². The predicted octanol–water partition coefficient (Wildman–Crippen LogP) is 3.34. The number of rotatable bonds is 9. The van der Waals surface area contributed by atoms with Crippen molar-refractivity contribution < 1.29 is 14.3 Å². The Morgan fingerprint density at radius 1 is 1.12 bits per heavy atom. The molecule has 0 bridgehead atoms. The van der Waals surface area contributed by atoms with E-state index in [1.54, 1.807) is 13.2 Å². The number of nitrogens with two attached hydrogens (primary N) is 1. The van der Waals surface area contributed by atoms with Gasteiger partial charge in [0.1, 0.15) is 11.4 Å². The molecule has 32 heavy (non-hydrogen) atoms. The fourth-order valence-corrected chi connectivity index (χ4v) is 3.40. The maximum absolute atomic E-state index is 12.7. The van der Waals surface area contributed by atoms with Crippen molar-refractivity contribution in [2.24, 2.45) is 5.73 Å². The number of nitrogens with zero attached hydrogens (tertiary/aromatic N) is 3. The second-order valence-corrected chi connectivity index (χ2v) is 7.68. The Labute approximate surface area is 188 Å². The third-order valence-corrected chi connectivity index (χ3v) is 4.98. The van der Waals surface area contributed by atoms with E-state index in [0.29, 0.717) is 18.0 Å². The predicted molar refractivity (Wildman–Crippen MR) is 125 cm³/mol. The quantitative estimate of drug-likeness (QED) is 0.525. The van der Waals surface area contributed by atoms with E-state index in [0.717, 1.165) is 16.7 Å². The van der Waals surface area contributed by atoms with Crippen LogP contribution < -0.4 is 10.5 Å². The molecule has 2 N–H and O–H groups in total. The van der Waals surface area contributed by atoms with Gasteiger partial charge in [-0.05, 0) is 37.6 Å². The Morgan fingerprint density at radius 3 is 2.47 bits per heavy atom. The highest BCUT2D eigenvalue weighted by Gasteiger charge is 2.18. The first-order chi connectivity index (χ1) is 15.4. The molecule has 0 spiro atoms. The molecule has 7 heteroatoms. The largest absolute Gasteiger partial charge is 0.496 e. The van der Waals surface area contributed by atoms with Gasteiger partial charge in [0.25, 0.3) is 0 Å². The zero-order valence-electron chi connectivity index (χ0n) is 18.6. The van der Waals surface area contributed by atoms with Gasteiger partial charge in [-0.25, -0.2) is 0 Å². The van der Waals surface area contributed by atoms with Gasteiger partial charge in [0.15, 0.2) is 0 Å². The number of benzene rings is 2. The molecule has 1 aromatic heterocycles. The standard InChI is InChI=1S/C25H28N4O3/c1-18(2)29(17-23(26)30)24(31)14-13-20-16-28(15-19-9-5-4-6-10-19)27-25(20)21-11-7-8-12-22(21)32-3/h4-14,16,18H,15,17H2,1-3H3,(H2,26,30). The van der Waals surface area contributed by atoms with Crippen LogP contribution in [0, 0.1) is 0 Å². The smallest absolute Gasteiger partial charge is 0.247 e. The molecule has 0 saturated carbocycles. The number of primary amides is 1. The normalized spacial score (nSPS) is 11.1. The Hall–Kier alpha value is -3.87. The Morgan fingerprint density at radius 2 is 1.81 bits per heavy atom. The van der Waals surface area contributed by atoms with E-state index in [-0.39, 0.29) is 18.5 Å². The van der Waals surface area contributed by atoms with Crippen molar-refractivity contribution >= 4 is 17.9 Å². The molecule has 1 heterocycles. The lowest BCUT2D eigenvalue weighted by Crippen LogP contribution is -2.41. The van der Waals surface area contributed by atoms with Crippen LogP contribution >= 0.6 is 0 Å². The summed E-state index contributed by atoms with van der Waals surface area (Å²) >= 11 is 0. The zero-order valence-corrected chi connectivity index (χ0v) is 18.6. The number of carbonyl (C=O) groups is 2. The average Bonchev–Trinajstić information content (AvgIpc) is 3.18. The first-order valence-electron chi connectivity index (χ1n) is 10.4. The second kappa shape index (κ2) is 10.4. The molecule has 0 saturated heterocycles. The first kappa shape index (κ1) is 22.8. The van der Waals surface area contributed by atoms with Crippen molar-refractivity contribution in [2.75, 3.05) is 13.7 Å². The van der Waals surface area contributed by atoms with E-state index in [4.69, 9.17) is 15.6 Å². The Balaban J connectivity index is 1.98. The molecule has 0 unspecified atom stereocenters. The summed E-state index contributed by atoms with van der Waals surface area (Å²) in [6, 6.07) is 17.5. The van der Waals surface area contributed by atoms with E-state index in [1.165, 1.54) is 11.0 Å². The summed E-state index contributed by atoms with van der Waals surface area (Å²) in [4.78, 5) is 25.5. The van der Waals surface area contributed by atoms with Gasteiger partial charge in [-0.2, -0.15) is 5.10 Å². The van der Waals surface area contributed by atoms with Gasteiger partial charge >= 0.3 is 0 Å². The lowest BCUT2D eigenvalue weighted by Gasteiger charge is -2.23. The second-order valence-electron chi connectivity index (χ2n) is 7.68. The van der Waals surface area contributed by atoms with Gasteiger partial charge < -0.3 is 15.4 Å². The van der Waals surface area contributed by atoms with Crippen LogP contribution in [0.2, 0.25) is 0 Å². The number of para-hydroxylation sites is 1. The van der Waals surface area contributed by atoms with E-state index in [2.05, 4.69) is 0 Å². The first-order valence-corrected chi connectivity index (χ1v) is 10.4. The molecule has 7 nitrogen and oxygen atoms in total. The third kappa shape index (κ3) is 5.63. The van der Waals surface area contributed by atoms with Crippen LogP contribution in [0.1, 0.15) is 25.0 Å². The van der Waals surface area contributed by atoms with Gasteiger partial charge in [-0.15, -0.1) is 0 Å². The Bertz CT molecular complexity index is 1100. The van der Waals surface area contributed by atoms with E-state index >= 15 is 0 Å². The van der Waals surface area contributed by atoms with E-state index < -0.39 is 5.91 Å². The number of hydrogen-bond acceptors (Lipinski definition) is 4. The summed E-state index contributed by atoms with van der Waals surface area (Å²) in [7, 11) is 1.61. The molecule has 0 aliphatic heterocycles. The van der Waals surface area contributed by atoms with E-state index in [1.807, 2.05) is 79.3 Å². The summed E-state index contributed by atoms with van der Waals surface area (Å²) in [5, 5.41) is 4.78. The monoisotopic (exact) mass is 432 g/mol. The fraction of sp³-hybridized carbons (Fsp3) is 0.240. The summed E-state index contributed by atoms with van der Waals surface area (Å²) in [5.41, 5.74) is 8.71. The molecular weight excluding hydrogens is 404 g/mol. The van der Waals surface area contributed by atoms with E-state index in [9.17, 15) is 9.59 Å². The highest BCUT2D eigenvalue weighted by atomic mass is 16.5. The molecule has 0 aliphatic rings. The van der Waals surface area contributed by atoms with Crippen LogP contribution in [0.25, 0.3) is 17.3 Å². The van der Waals surface area contributed by atoms with Gasteiger partial charge in [-0.1, -0.05) is 42.5 Å². The fourth-order valence-electron chi connectivity index (χ4n) is 3.40. The van der Waals surface area contributed by atoms with Gasteiger partial charge in [0.05, 0.1) is 20.2 Å². The molecule has 2 amide bonds. The average molecular weight is 433 g/mol. The lowest BCUT2D eigenvalue weighted by atomic mass is 10.1. The SMILES string of the molecule is COc1ccccc1-c1nn(Cc2ccccc2)cc1C=CC(=O)N(CC(N)=O)C(C)C. The number of hydrogen-bond donors (Lipinski definition) is 1. The molecule has 0 atom stereocenters.